The van der Waals surface area contributed by atoms with Crippen molar-refractivity contribution >= 4 is 17.7 Å². The maximum Gasteiger partial charge on any atom is 0.303 e. The van der Waals surface area contributed by atoms with Crippen LogP contribution in [0, 0.1) is 10.8 Å². The fourth-order valence-electron chi connectivity index (χ4n) is 3.04. The molecule has 1 amide bonds. The first-order chi connectivity index (χ1) is 11.0. The van der Waals surface area contributed by atoms with Crippen molar-refractivity contribution in [3.05, 3.63) is 12.2 Å². The number of carbonyl (C=O) groups excluding carboxylic acids is 1. The zero-order valence-electron chi connectivity index (χ0n) is 14.4. The van der Waals surface area contributed by atoms with Gasteiger partial charge in [-0.05, 0) is 31.8 Å². The molecule has 0 aromatic carbocycles. The van der Waals surface area contributed by atoms with Gasteiger partial charge in [-0.1, -0.05) is 45.6 Å². The van der Waals surface area contributed by atoms with Gasteiger partial charge in [0.2, 0.25) is 5.91 Å². The molecule has 1 rings (SSSR count). The molecule has 0 fully saturated rings. The van der Waals surface area contributed by atoms with Gasteiger partial charge < -0.3 is 5.11 Å². The summed E-state index contributed by atoms with van der Waals surface area (Å²) in [6.45, 7) is 4.68. The molecule has 0 saturated carbocycles. The SMILES string of the molecule is CCCCC1(CCCC)C=CC(=N)N(CCCCC(=O)O)C1=O. The summed E-state index contributed by atoms with van der Waals surface area (Å²) in [6.07, 6.45) is 10.7. The molecule has 0 bridgehead atoms. The predicted octanol–water partition coefficient (Wildman–Crippen LogP) is 3.98. The van der Waals surface area contributed by atoms with Crippen LogP contribution in [0.2, 0.25) is 0 Å². The topological polar surface area (TPSA) is 81.5 Å². The number of rotatable bonds is 11. The molecule has 1 heterocycles. The molecular formula is C18H30N2O3. The normalized spacial score (nSPS) is 16.9. The van der Waals surface area contributed by atoms with E-state index in [9.17, 15) is 9.59 Å². The lowest BCUT2D eigenvalue weighted by Gasteiger charge is -2.38. The van der Waals surface area contributed by atoms with Crippen molar-refractivity contribution in [3.63, 3.8) is 0 Å². The van der Waals surface area contributed by atoms with Crippen LogP contribution in [-0.2, 0) is 9.59 Å². The highest BCUT2D eigenvalue weighted by Crippen LogP contribution is 2.37. The maximum absolute atomic E-state index is 13.0. The number of carbonyl (C=O) groups is 2. The number of nitrogens with zero attached hydrogens (tertiary/aromatic N) is 1. The predicted molar refractivity (Wildman–Crippen MR) is 91.5 cm³/mol. The molecular weight excluding hydrogens is 292 g/mol. The van der Waals surface area contributed by atoms with Crippen LogP contribution in [-0.4, -0.2) is 34.3 Å². The van der Waals surface area contributed by atoms with Gasteiger partial charge in [0.1, 0.15) is 5.84 Å². The van der Waals surface area contributed by atoms with Gasteiger partial charge in [0, 0.05) is 13.0 Å². The molecule has 0 radical (unpaired) electrons. The van der Waals surface area contributed by atoms with E-state index in [1.807, 2.05) is 6.08 Å². The molecule has 2 N–H and O–H groups in total. The second-order valence-electron chi connectivity index (χ2n) is 6.39. The quantitative estimate of drug-likeness (QED) is 0.564. The highest BCUT2D eigenvalue weighted by molar-refractivity contribution is 6.08. The Morgan fingerprint density at radius 3 is 2.30 bits per heavy atom. The Bertz CT molecular complexity index is 449. The molecule has 23 heavy (non-hydrogen) atoms. The second kappa shape index (κ2) is 9.48. The lowest BCUT2D eigenvalue weighted by Crippen LogP contribution is -2.49. The first-order valence-corrected chi connectivity index (χ1v) is 8.78. The average Bonchev–Trinajstić information content (AvgIpc) is 2.52. The van der Waals surface area contributed by atoms with Gasteiger partial charge in [0.25, 0.3) is 0 Å². The number of carboxylic acid groups (broad SMARTS) is 1. The van der Waals surface area contributed by atoms with Crippen LogP contribution in [0.3, 0.4) is 0 Å². The smallest absolute Gasteiger partial charge is 0.303 e. The summed E-state index contributed by atoms with van der Waals surface area (Å²) in [4.78, 5) is 25.1. The van der Waals surface area contributed by atoms with E-state index in [0.29, 0.717) is 19.4 Å². The van der Waals surface area contributed by atoms with E-state index >= 15 is 0 Å². The van der Waals surface area contributed by atoms with E-state index < -0.39 is 11.4 Å². The van der Waals surface area contributed by atoms with E-state index in [0.717, 1.165) is 38.5 Å². The molecule has 0 atom stereocenters. The zero-order valence-corrected chi connectivity index (χ0v) is 14.4. The van der Waals surface area contributed by atoms with Gasteiger partial charge in [0.15, 0.2) is 0 Å². The van der Waals surface area contributed by atoms with Crippen molar-refractivity contribution in [1.82, 2.24) is 4.90 Å². The Hall–Kier alpha value is -1.65. The van der Waals surface area contributed by atoms with Crippen molar-refractivity contribution in [2.75, 3.05) is 6.54 Å². The van der Waals surface area contributed by atoms with E-state index in [2.05, 4.69) is 13.8 Å². The molecule has 1 aliphatic heterocycles. The van der Waals surface area contributed by atoms with Crippen LogP contribution in [0.1, 0.15) is 71.6 Å². The van der Waals surface area contributed by atoms with Crippen LogP contribution >= 0.6 is 0 Å². The Kier molecular flexibility index (Phi) is 8.00. The Morgan fingerprint density at radius 1 is 1.17 bits per heavy atom. The van der Waals surface area contributed by atoms with Gasteiger partial charge in [-0.15, -0.1) is 0 Å². The number of amides is 1. The summed E-state index contributed by atoms with van der Waals surface area (Å²) in [5, 5.41) is 16.7. The molecule has 130 valence electrons. The third-order valence-electron chi connectivity index (χ3n) is 4.50. The first-order valence-electron chi connectivity index (χ1n) is 8.78. The van der Waals surface area contributed by atoms with Crippen molar-refractivity contribution < 1.29 is 14.7 Å². The number of hydrogen-bond acceptors (Lipinski definition) is 3. The van der Waals surface area contributed by atoms with E-state index in [-0.39, 0.29) is 18.2 Å². The highest BCUT2D eigenvalue weighted by Gasteiger charge is 2.41. The van der Waals surface area contributed by atoms with E-state index in [1.165, 1.54) is 0 Å². The van der Waals surface area contributed by atoms with Crippen LogP contribution in [0.5, 0.6) is 0 Å². The summed E-state index contributed by atoms with van der Waals surface area (Å²) in [7, 11) is 0. The molecule has 0 aromatic heterocycles. The number of unbranched alkanes of at least 4 members (excludes halogenated alkanes) is 3. The largest absolute Gasteiger partial charge is 0.481 e. The monoisotopic (exact) mass is 322 g/mol. The third kappa shape index (κ3) is 5.48. The van der Waals surface area contributed by atoms with E-state index in [1.54, 1.807) is 11.0 Å². The first kappa shape index (κ1) is 19.4. The Balaban J connectivity index is 2.79. The molecule has 0 aromatic rings. The molecule has 0 spiro atoms. The maximum atomic E-state index is 13.0. The van der Waals surface area contributed by atoms with Crippen molar-refractivity contribution in [2.45, 2.75) is 71.6 Å². The summed E-state index contributed by atoms with van der Waals surface area (Å²) in [5.74, 6) is -0.554. The number of amidine groups is 1. The van der Waals surface area contributed by atoms with Gasteiger partial charge in [0.05, 0.1) is 5.41 Å². The summed E-state index contributed by atoms with van der Waals surface area (Å²) in [6, 6.07) is 0. The number of hydrogen-bond donors (Lipinski definition) is 2. The molecule has 0 aliphatic carbocycles. The van der Waals surface area contributed by atoms with Crippen LogP contribution in [0.25, 0.3) is 0 Å². The van der Waals surface area contributed by atoms with Crippen molar-refractivity contribution in [3.8, 4) is 0 Å². The number of aliphatic carboxylic acids is 1. The minimum Gasteiger partial charge on any atom is -0.481 e. The van der Waals surface area contributed by atoms with Gasteiger partial charge in [-0.3, -0.25) is 19.9 Å². The molecule has 0 unspecified atom stereocenters. The zero-order chi connectivity index (χ0) is 17.3. The summed E-state index contributed by atoms with van der Waals surface area (Å²) >= 11 is 0. The van der Waals surface area contributed by atoms with Crippen molar-refractivity contribution in [1.29, 1.82) is 5.41 Å². The highest BCUT2D eigenvalue weighted by atomic mass is 16.4. The lowest BCUT2D eigenvalue weighted by atomic mass is 9.75. The minimum atomic E-state index is -0.815. The lowest BCUT2D eigenvalue weighted by molar-refractivity contribution is -0.137. The van der Waals surface area contributed by atoms with Gasteiger partial charge >= 0.3 is 5.97 Å². The number of carboxylic acids is 1. The summed E-state index contributed by atoms with van der Waals surface area (Å²) < 4.78 is 0. The Labute approximate surface area is 139 Å². The average molecular weight is 322 g/mol. The number of nitrogens with one attached hydrogen (secondary N) is 1. The van der Waals surface area contributed by atoms with Gasteiger partial charge in [-0.25, -0.2) is 0 Å². The molecule has 5 heteroatoms. The van der Waals surface area contributed by atoms with Gasteiger partial charge in [-0.2, -0.15) is 0 Å². The third-order valence-corrected chi connectivity index (χ3v) is 4.50. The second-order valence-corrected chi connectivity index (χ2v) is 6.39. The fraction of sp³-hybridized carbons (Fsp3) is 0.722. The fourth-order valence-corrected chi connectivity index (χ4v) is 3.04. The van der Waals surface area contributed by atoms with Crippen LogP contribution < -0.4 is 0 Å². The minimum absolute atomic E-state index is 0.0298. The summed E-state index contributed by atoms with van der Waals surface area (Å²) in [5.41, 5.74) is -0.469. The molecule has 0 saturated heterocycles. The van der Waals surface area contributed by atoms with Crippen molar-refractivity contribution in [2.24, 2.45) is 5.41 Å². The standard InChI is InChI=1S/C18H30N2O3/c1-3-5-11-18(12-6-4-2)13-10-15(19)20(17(18)23)14-8-7-9-16(21)22/h10,13,19H,3-9,11-12,14H2,1-2H3,(H,21,22). The van der Waals surface area contributed by atoms with Crippen LogP contribution in [0.15, 0.2) is 12.2 Å². The Morgan fingerprint density at radius 2 is 1.78 bits per heavy atom. The molecule has 1 aliphatic rings. The van der Waals surface area contributed by atoms with E-state index in [4.69, 9.17) is 10.5 Å². The molecule has 5 nitrogen and oxygen atoms in total. The van der Waals surface area contributed by atoms with Crippen LogP contribution in [0.4, 0.5) is 0 Å².